The summed E-state index contributed by atoms with van der Waals surface area (Å²) in [4.78, 5) is 28.2. The van der Waals surface area contributed by atoms with Gasteiger partial charge in [-0.3, -0.25) is 15.0 Å². The Labute approximate surface area is 149 Å². The highest BCUT2D eigenvalue weighted by Gasteiger charge is 2.16. The summed E-state index contributed by atoms with van der Waals surface area (Å²) in [6.45, 7) is 0. The smallest absolute Gasteiger partial charge is 0.410 e. The molecule has 7 heteroatoms. The first-order chi connectivity index (χ1) is 12.5. The third kappa shape index (κ3) is 3.84. The number of pyridine rings is 1. The van der Waals surface area contributed by atoms with Crippen LogP contribution in [-0.4, -0.2) is 23.0 Å². The van der Waals surface area contributed by atoms with Crippen molar-refractivity contribution in [3.63, 3.8) is 0 Å². The molecule has 1 aromatic heterocycles. The van der Waals surface area contributed by atoms with E-state index in [4.69, 9.17) is 4.74 Å². The van der Waals surface area contributed by atoms with Crippen molar-refractivity contribution < 1.29 is 14.5 Å². The van der Waals surface area contributed by atoms with Gasteiger partial charge >= 0.3 is 6.09 Å². The lowest BCUT2D eigenvalue weighted by Crippen LogP contribution is -2.30. The highest BCUT2D eigenvalue weighted by atomic mass is 16.6. The number of nitro groups is 1. The number of carbonyl (C=O) groups is 1. The Bertz CT molecular complexity index is 927. The highest BCUT2D eigenvalue weighted by Crippen LogP contribution is 2.22. The summed E-state index contributed by atoms with van der Waals surface area (Å²) < 4.78 is 5.24. The van der Waals surface area contributed by atoms with Gasteiger partial charge in [-0.2, -0.15) is 0 Å². The van der Waals surface area contributed by atoms with Crippen LogP contribution in [0.15, 0.2) is 72.8 Å². The van der Waals surface area contributed by atoms with Crippen LogP contribution in [0.5, 0.6) is 5.75 Å². The number of carbonyl (C=O) groups excluding carboxylic acids is 1. The van der Waals surface area contributed by atoms with Crippen LogP contribution in [0.3, 0.4) is 0 Å². The average molecular weight is 349 g/mol. The summed E-state index contributed by atoms with van der Waals surface area (Å²) >= 11 is 0. The maximum absolute atomic E-state index is 12.3. The second-order valence-electron chi connectivity index (χ2n) is 5.43. The third-order valence-corrected chi connectivity index (χ3v) is 3.67. The summed E-state index contributed by atoms with van der Waals surface area (Å²) in [5.74, 6) is 0.643. The summed E-state index contributed by atoms with van der Waals surface area (Å²) in [6.07, 6.45) is -0.642. The molecule has 0 spiro atoms. The Morgan fingerprint density at radius 1 is 1.00 bits per heavy atom. The fourth-order valence-electron chi connectivity index (χ4n) is 2.28. The van der Waals surface area contributed by atoms with E-state index in [9.17, 15) is 14.9 Å². The quantitative estimate of drug-likeness (QED) is 0.518. The van der Waals surface area contributed by atoms with Crippen molar-refractivity contribution in [3.05, 3.63) is 82.9 Å². The number of aromatic nitrogens is 1. The molecule has 3 aromatic rings. The zero-order valence-corrected chi connectivity index (χ0v) is 13.9. The molecule has 0 aliphatic carbocycles. The normalized spacial score (nSPS) is 10.2. The molecule has 0 aliphatic heterocycles. The van der Waals surface area contributed by atoms with E-state index in [-0.39, 0.29) is 11.4 Å². The summed E-state index contributed by atoms with van der Waals surface area (Å²) in [5.41, 5.74) is 1.60. The van der Waals surface area contributed by atoms with Gasteiger partial charge in [0.05, 0.1) is 10.6 Å². The molecule has 1 amide bonds. The number of rotatable bonds is 4. The van der Waals surface area contributed by atoms with Crippen molar-refractivity contribution in [2.45, 2.75) is 0 Å². The molecule has 0 fully saturated rings. The van der Waals surface area contributed by atoms with E-state index < -0.39 is 11.0 Å². The molecule has 7 nitrogen and oxygen atoms in total. The van der Waals surface area contributed by atoms with Crippen LogP contribution in [0, 0.1) is 10.1 Å². The van der Waals surface area contributed by atoms with Crippen molar-refractivity contribution in [2.24, 2.45) is 0 Å². The molecule has 0 N–H and O–H groups in total. The molecule has 1 heterocycles. The van der Waals surface area contributed by atoms with Gasteiger partial charge in [0.2, 0.25) is 0 Å². The van der Waals surface area contributed by atoms with Gasteiger partial charge < -0.3 is 4.74 Å². The maximum atomic E-state index is 12.3. The monoisotopic (exact) mass is 349 g/mol. The van der Waals surface area contributed by atoms with Crippen molar-refractivity contribution in [1.29, 1.82) is 0 Å². The molecule has 0 saturated heterocycles. The summed E-state index contributed by atoms with van der Waals surface area (Å²) in [6, 6.07) is 20.3. The number of nitro benzene ring substituents is 1. The number of anilines is 1. The van der Waals surface area contributed by atoms with Gasteiger partial charge in [0.1, 0.15) is 11.6 Å². The van der Waals surface area contributed by atoms with E-state index in [1.54, 1.807) is 19.2 Å². The minimum atomic E-state index is -0.642. The molecule has 0 bridgehead atoms. The minimum absolute atomic E-state index is 0.0737. The molecule has 26 heavy (non-hydrogen) atoms. The zero-order valence-electron chi connectivity index (χ0n) is 13.9. The first-order valence-corrected chi connectivity index (χ1v) is 7.77. The Balaban J connectivity index is 1.75. The van der Waals surface area contributed by atoms with E-state index in [2.05, 4.69) is 4.98 Å². The summed E-state index contributed by atoms with van der Waals surface area (Å²) in [7, 11) is 1.55. The number of non-ortho nitro benzene ring substituents is 1. The van der Waals surface area contributed by atoms with Gasteiger partial charge in [-0.25, -0.2) is 9.78 Å². The van der Waals surface area contributed by atoms with E-state index in [0.29, 0.717) is 5.82 Å². The number of benzene rings is 2. The topological polar surface area (TPSA) is 85.6 Å². The molecule has 0 atom stereocenters. The number of hydrogen-bond donors (Lipinski definition) is 0. The van der Waals surface area contributed by atoms with E-state index in [1.807, 2.05) is 36.4 Å². The van der Waals surface area contributed by atoms with Crippen molar-refractivity contribution in [3.8, 4) is 17.0 Å². The Hall–Kier alpha value is -3.74. The predicted molar refractivity (Wildman–Crippen MR) is 97.2 cm³/mol. The number of amides is 1. The lowest BCUT2D eigenvalue weighted by Gasteiger charge is -2.16. The van der Waals surface area contributed by atoms with Crippen LogP contribution in [0.4, 0.5) is 16.3 Å². The van der Waals surface area contributed by atoms with Crippen LogP contribution in [0.2, 0.25) is 0 Å². The zero-order chi connectivity index (χ0) is 18.5. The van der Waals surface area contributed by atoms with Crippen LogP contribution in [0.25, 0.3) is 11.3 Å². The van der Waals surface area contributed by atoms with Gasteiger partial charge in [0.15, 0.2) is 0 Å². The van der Waals surface area contributed by atoms with Gasteiger partial charge in [-0.15, -0.1) is 0 Å². The Morgan fingerprint density at radius 3 is 2.35 bits per heavy atom. The third-order valence-electron chi connectivity index (χ3n) is 3.67. The van der Waals surface area contributed by atoms with E-state index in [0.717, 1.165) is 11.3 Å². The molecule has 2 aromatic carbocycles. The van der Waals surface area contributed by atoms with Crippen LogP contribution in [-0.2, 0) is 0 Å². The van der Waals surface area contributed by atoms with Crippen molar-refractivity contribution in [1.82, 2.24) is 4.98 Å². The standard InChI is InChI=1S/C19H15N3O4/c1-21(19(23)26-16-12-10-15(11-13-16)22(24)25)18-9-5-8-17(20-18)14-6-3-2-4-7-14/h2-13H,1H3. The van der Waals surface area contributed by atoms with E-state index in [1.165, 1.54) is 29.2 Å². The number of ether oxygens (including phenoxy) is 1. The van der Waals surface area contributed by atoms with Crippen LogP contribution in [0.1, 0.15) is 0 Å². The Morgan fingerprint density at radius 2 is 1.69 bits per heavy atom. The average Bonchev–Trinajstić information content (AvgIpc) is 2.68. The SMILES string of the molecule is CN(C(=O)Oc1ccc([N+](=O)[O-])cc1)c1cccc(-c2ccccc2)n1. The van der Waals surface area contributed by atoms with Crippen LogP contribution < -0.4 is 9.64 Å². The predicted octanol–water partition coefficient (Wildman–Crippen LogP) is 4.29. The van der Waals surface area contributed by atoms with Crippen LogP contribution >= 0.6 is 0 Å². The summed E-state index contributed by atoms with van der Waals surface area (Å²) in [5, 5.41) is 10.7. The fraction of sp³-hybridized carbons (Fsp3) is 0.0526. The molecule has 0 aliphatic rings. The van der Waals surface area contributed by atoms with Gasteiger partial charge in [0.25, 0.3) is 5.69 Å². The Kier molecular flexibility index (Phi) is 4.89. The number of hydrogen-bond acceptors (Lipinski definition) is 5. The van der Waals surface area contributed by atoms with Gasteiger partial charge in [0, 0.05) is 24.7 Å². The minimum Gasteiger partial charge on any atom is -0.410 e. The van der Waals surface area contributed by atoms with Gasteiger partial charge in [-0.05, 0) is 24.3 Å². The first kappa shape index (κ1) is 17.1. The van der Waals surface area contributed by atoms with Crippen molar-refractivity contribution >= 4 is 17.6 Å². The molecule has 0 saturated carbocycles. The second kappa shape index (κ2) is 7.43. The molecular formula is C19H15N3O4. The number of nitrogens with zero attached hydrogens (tertiary/aromatic N) is 3. The van der Waals surface area contributed by atoms with Crippen molar-refractivity contribution in [2.75, 3.05) is 11.9 Å². The van der Waals surface area contributed by atoms with Gasteiger partial charge in [-0.1, -0.05) is 36.4 Å². The molecule has 0 radical (unpaired) electrons. The molecule has 130 valence electrons. The highest BCUT2D eigenvalue weighted by molar-refractivity contribution is 5.87. The molecule has 0 unspecified atom stereocenters. The lowest BCUT2D eigenvalue weighted by atomic mass is 10.1. The largest absolute Gasteiger partial charge is 0.420 e. The second-order valence-corrected chi connectivity index (χ2v) is 5.43. The molecular weight excluding hydrogens is 334 g/mol. The molecule has 3 rings (SSSR count). The fourth-order valence-corrected chi connectivity index (χ4v) is 2.28. The first-order valence-electron chi connectivity index (χ1n) is 7.77. The van der Waals surface area contributed by atoms with E-state index >= 15 is 0 Å². The lowest BCUT2D eigenvalue weighted by molar-refractivity contribution is -0.384. The maximum Gasteiger partial charge on any atom is 0.420 e.